The molecule has 2 rings (SSSR count). The van der Waals surface area contributed by atoms with Gasteiger partial charge < -0.3 is 9.15 Å². The number of ether oxygens (including phenoxy) is 1. The SMILES string of the molecule is O=C(COCc1ccccc1)c1ncco1. The van der Waals surface area contributed by atoms with Crippen LogP contribution in [0.4, 0.5) is 0 Å². The molecule has 0 amide bonds. The highest BCUT2D eigenvalue weighted by molar-refractivity contribution is 5.92. The predicted octanol–water partition coefficient (Wildman–Crippen LogP) is 2.07. The molecule has 16 heavy (non-hydrogen) atoms. The molecular formula is C12H11NO3. The molecule has 0 aliphatic carbocycles. The lowest BCUT2D eigenvalue weighted by molar-refractivity contribution is 0.0693. The lowest BCUT2D eigenvalue weighted by atomic mass is 10.2. The van der Waals surface area contributed by atoms with Gasteiger partial charge in [-0.15, -0.1) is 0 Å². The first-order valence-corrected chi connectivity index (χ1v) is 4.90. The van der Waals surface area contributed by atoms with Crippen molar-refractivity contribution in [2.75, 3.05) is 6.61 Å². The molecule has 0 N–H and O–H groups in total. The van der Waals surface area contributed by atoms with Crippen LogP contribution in [0.15, 0.2) is 47.2 Å². The van der Waals surface area contributed by atoms with Gasteiger partial charge in [-0.1, -0.05) is 30.3 Å². The number of nitrogens with zero attached hydrogens (tertiary/aromatic N) is 1. The third-order valence-electron chi connectivity index (χ3n) is 2.02. The van der Waals surface area contributed by atoms with Gasteiger partial charge >= 0.3 is 0 Å². The largest absolute Gasteiger partial charge is 0.442 e. The van der Waals surface area contributed by atoms with E-state index in [-0.39, 0.29) is 18.3 Å². The first-order chi connectivity index (χ1) is 7.86. The van der Waals surface area contributed by atoms with E-state index in [1.54, 1.807) is 0 Å². The van der Waals surface area contributed by atoms with E-state index < -0.39 is 0 Å². The Bertz CT molecular complexity index is 437. The van der Waals surface area contributed by atoms with Crippen LogP contribution in [0.2, 0.25) is 0 Å². The zero-order chi connectivity index (χ0) is 11.2. The third-order valence-corrected chi connectivity index (χ3v) is 2.02. The van der Waals surface area contributed by atoms with Crippen LogP contribution >= 0.6 is 0 Å². The number of hydrogen-bond donors (Lipinski definition) is 0. The van der Waals surface area contributed by atoms with Crippen molar-refractivity contribution in [3.63, 3.8) is 0 Å². The van der Waals surface area contributed by atoms with Crippen LogP contribution in [0.1, 0.15) is 16.2 Å². The average Bonchev–Trinajstić information content (AvgIpc) is 2.84. The van der Waals surface area contributed by atoms with E-state index in [0.29, 0.717) is 6.61 Å². The summed E-state index contributed by atoms with van der Waals surface area (Å²) >= 11 is 0. The normalized spacial score (nSPS) is 10.2. The summed E-state index contributed by atoms with van der Waals surface area (Å²) < 4.78 is 10.1. The molecule has 0 bridgehead atoms. The van der Waals surface area contributed by atoms with Crippen molar-refractivity contribution in [1.29, 1.82) is 0 Å². The molecule has 82 valence electrons. The first-order valence-electron chi connectivity index (χ1n) is 4.90. The zero-order valence-corrected chi connectivity index (χ0v) is 8.63. The minimum Gasteiger partial charge on any atom is -0.442 e. The minimum absolute atomic E-state index is 0.0184. The molecule has 4 heteroatoms. The maximum atomic E-state index is 11.4. The Morgan fingerprint density at radius 3 is 2.81 bits per heavy atom. The van der Waals surface area contributed by atoms with Gasteiger partial charge in [-0.05, 0) is 5.56 Å². The highest BCUT2D eigenvalue weighted by Crippen LogP contribution is 2.02. The van der Waals surface area contributed by atoms with Crippen molar-refractivity contribution >= 4 is 5.78 Å². The van der Waals surface area contributed by atoms with E-state index in [2.05, 4.69) is 4.98 Å². The lowest BCUT2D eigenvalue weighted by Crippen LogP contribution is -2.09. The Morgan fingerprint density at radius 1 is 1.31 bits per heavy atom. The lowest BCUT2D eigenvalue weighted by Gasteiger charge is -2.01. The molecule has 1 heterocycles. The molecule has 2 aromatic rings. The number of Topliss-reactive ketones (excluding diaryl/α,β-unsaturated/α-hetero) is 1. The zero-order valence-electron chi connectivity index (χ0n) is 8.63. The van der Waals surface area contributed by atoms with Crippen LogP contribution in [0, 0.1) is 0 Å². The summed E-state index contributed by atoms with van der Waals surface area (Å²) in [6, 6.07) is 9.66. The Hall–Kier alpha value is -1.94. The highest BCUT2D eigenvalue weighted by atomic mass is 16.5. The van der Waals surface area contributed by atoms with Crippen molar-refractivity contribution in [1.82, 2.24) is 4.98 Å². The Labute approximate surface area is 92.9 Å². The first kappa shape index (κ1) is 10.6. The van der Waals surface area contributed by atoms with Gasteiger partial charge in [0.25, 0.3) is 5.89 Å². The second-order valence-corrected chi connectivity index (χ2v) is 3.24. The smallest absolute Gasteiger partial charge is 0.265 e. The number of aromatic nitrogens is 1. The van der Waals surface area contributed by atoms with Crippen LogP contribution in [-0.2, 0) is 11.3 Å². The van der Waals surface area contributed by atoms with E-state index in [1.165, 1.54) is 12.5 Å². The van der Waals surface area contributed by atoms with Crippen LogP contribution in [0.5, 0.6) is 0 Å². The molecule has 0 saturated heterocycles. The molecule has 0 spiro atoms. The second kappa shape index (κ2) is 5.23. The van der Waals surface area contributed by atoms with E-state index in [0.717, 1.165) is 5.56 Å². The van der Waals surface area contributed by atoms with Gasteiger partial charge in [-0.2, -0.15) is 0 Å². The molecular weight excluding hydrogens is 206 g/mol. The van der Waals surface area contributed by atoms with Crippen molar-refractivity contribution in [2.45, 2.75) is 6.61 Å². The van der Waals surface area contributed by atoms with Gasteiger partial charge in [-0.3, -0.25) is 4.79 Å². The summed E-state index contributed by atoms with van der Waals surface area (Å²) in [7, 11) is 0. The molecule has 0 fully saturated rings. The quantitative estimate of drug-likeness (QED) is 0.719. The molecule has 0 aliphatic rings. The Kier molecular flexibility index (Phi) is 3.46. The van der Waals surface area contributed by atoms with Crippen LogP contribution < -0.4 is 0 Å². The average molecular weight is 217 g/mol. The van der Waals surface area contributed by atoms with E-state index in [1.807, 2.05) is 30.3 Å². The molecule has 0 radical (unpaired) electrons. The van der Waals surface area contributed by atoms with Gasteiger partial charge in [0.05, 0.1) is 12.8 Å². The molecule has 0 aliphatic heterocycles. The van der Waals surface area contributed by atoms with Gasteiger partial charge in [-0.25, -0.2) is 4.98 Å². The number of hydrogen-bond acceptors (Lipinski definition) is 4. The summed E-state index contributed by atoms with van der Waals surface area (Å²) in [5.41, 5.74) is 1.03. The van der Waals surface area contributed by atoms with Crippen molar-refractivity contribution in [3.05, 3.63) is 54.2 Å². The standard InChI is InChI=1S/C12H11NO3/c14-11(12-13-6-7-16-12)9-15-8-10-4-2-1-3-5-10/h1-7H,8-9H2. The number of oxazole rings is 1. The predicted molar refractivity (Wildman–Crippen MR) is 56.9 cm³/mol. The van der Waals surface area contributed by atoms with E-state index in [4.69, 9.17) is 9.15 Å². The summed E-state index contributed by atoms with van der Waals surface area (Å²) in [5.74, 6) is -0.158. The fourth-order valence-corrected chi connectivity index (χ4v) is 1.26. The maximum Gasteiger partial charge on any atom is 0.265 e. The summed E-state index contributed by atoms with van der Waals surface area (Å²) in [4.78, 5) is 15.2. The van der Waals surface area contributed by atoms with E-state index >= 15 is 0 Å². The maximum absolute atomic E-state index is 11.4. The van der Waals surface area contributed by atoms with Crippen molar-refractivity contribution in [2.24, 2.45) is 0 Å². The van der Waals surface area contributed by atoms with Crippen LogP contribution in [0.3, 0.4) is 0 Å². The Morgan fingerprint density at radius 2 is 2.12 bits per heavy atom. The monoisotopic (exact) mass is 217 g/mol. The van der Waals surface area contributed by atoms with Crippen molar-refractivity contribution < 1.29 is 13.9 Å². The highest BCUT2D eigenvalue weighted by Gasteiger charge is 2.10. The summed E-state index contributed by atoms with van der Waals surface area (Å²) in [5, 5.41) is 0. The fraction of sp³-hybridized carbons (Fsp3) is 0.167. The molecule has 4 nitrogen and oxygen atoms in total. The fourth-order valence-electron chi connectivity index (χ4n) is 1.26. The third kappa shape index (κ3) is 2.77. The summed E-state index contributed by atoms with van der Waals surface area (Å²) in [6.45, 7) is 0.392. The van der Waals surface area contributed by atoms with Crippen LogP contribution in [-0.4, -0.2) is 17.4 Å². The number of carbonyl (C=O) groups is 1. The van der Waals surface area contributed by atoms with Gasteiger partial charge in [0, 0.05) is 0 Å². The van der Waals surface area contributed by atoms with E-state index in [9.17, 15) is 4.79 Å². The molecule has 0 atom stereocenters. The Balaban J connectivity index is 1.79. The van der Waals surface area contributed by atoms with Crippen LogP contribution in [0.25, 0.3) is 0 Å². The molecule has 0 unspecified atom stereocenters. The van der Waals surface area contributed by atoms with Gasteiger partial charge in [0.15, 0.2) is 0 Å². The number of rotatable bonds is 5. The van der Waals surface area contributed by atoms with Gasteiger partial charge in [0.2, 0.25) is 5.78 Å². The molecule has 1 aromatic carbocycles. The number of carbonyl (C=O) groups excluding carboxylic acids is 1. The number of ketones is 1. The molecule has 0 saturated carbocycles. The minimum atomic E-state index is -0.249. The van der Waals surface area contributed by atoms with Crippen molar-refractivity contribution in [3.8, 4) is 0 Å². The topological polar surface area (TPSA) is 52.3 Å². The molecule has 1 aromatic heterocycles. The number of benzene rings is 1. The summed E-state index contributed by atoms with van der Waals surface area (Å²) in [6.07, 6.45) is 2.80. The van der Waals surface area contributed by atoms with Gasteiger partial charge in [0.1, 0.15) is 12.9 Å². The second-order valence-electron chi connectivity index (χ2n) is 3.24.